The molecular formula is C11H9NO2. The lowest BCUT2D eigenvalue weighted by molar-refractivity contribution is -0.131. The van der Waals surface area contributed by atoms with Crippen LogP contribution in [0.5, 0.6) is 0 Å². The summed E-state index contributed by atoms with van der Waals surface area (Å²) in [6, 6.07) is 7.08. The van der Waals surface area contributed by atoms with Crippen molar-refractivity contribution in [2.45, 2.75) is 0 Å². The van der Waals surface area contributed by atoms with E-state index in [1.807, 2.05) is 0 Å². The Kier molecular flexibility index (Phi) is 3.33. The molecule has 0 bridgehead atoms. The predicted octanol–water partition coefficient (Wildman–Crippen LogP) is 1.26. The zero-order chi connectivity index (χ0) is 10.4. The van der Waals surface area contributed by atoms with Crippen LogP contribution in [-0.2, 0) is 4.79 Å². The van der Waals surface area contributed by atoms with Gasteiger partial charge in [0.05, 0.1) is 0 Å². The van der Waals surface area contributed by atoms with Gasteiger partial charge in [-0.25, -0.2) is 4.79 Å². The van der Waals surface area contributed by atoms with Crippen molar-refractivity contribution in [3.05, 3.63) is 42.0 Å². The number of hydrogen-bond donors (Lipinski definition) is 2. The number of carboxylic acid groups (broad SMARTS) is 1. The summed E-state index contributed by atoms with van der Waals surface area (Å²) in [4.78, 5) is 10.1. The molecule has 1 aromatic rings. The molecule has 3 heteroatoms. The number of nitrogen functional groups attached to an aromatic ring is 1. The summed E-state index contributed by atoms with van der Waals surface area (Å²) in [7, 11) is 0. The molecule has 70 valence electrons. The van der Waals surface area contributed by atoms with E-state index in [1.54, 1.807) is 24.3 Å². The van der Waals surface area contributed by atoms with E-state index in [0.29, 0.717) is 5.69 Å². The lowest BCUT2D eigenvalue weighted by Crippen LogP contribution is -1.85. The highest BCUT2D eigenvalue weighted by molar-refractivity contribution is 5.80. The first-order valence-electron chi connectivity index (χ1n) is 3.95. The second-order valence-corrected chi connectivity index (χ2v) is 2.57. The van der Waals surface area contributed by atoms with Gasteiger partial charge >= 0.3 is 5.97 Å². The Labute approximate surface area is 81.9 Å². The molecule has 0 amide bonds. The molecule has 3 nitrogen and oxygen atoms in total. The van der Waals surface area contributed by atoms with E-state index in [4.69, 9.17) is 10.8 Å². The molecule has 0 heterocycles. The summed E-state index contributed by atoms with van der Waals surface area (Å²) < 4.78 is 0. The van der Waals surface area contributed by atoms with E-state index >= 15 is 0 Å². The molecule has 3 N–H and O–H groups in total. The van der Waals surface area contributed by atoms with Gasteiger partial charge < -0.3 is 10.8 Å². The zero-order valence-corrected chi connectivity index (χ0v) is 7.40. The Hall–Kier alpha value is -2.21. The summed E-state index contributed by atoms with van der Waals surface area (Å²) in [6.07, 6.45) is 2.27. The van der Waals surface area contributed by atoms with E-state index in [2.05, 4.69) is 11.8 Å². The highest BCUT2D eigenvalue weighted by Crippen LogP contribution is 2.04. The molecule has 0 fully saturated rings. The van der Waals surface area contributed by atoms with E-state index in [9.17, 15) is 4.79 Å². The summed E-state index contributed by atoms with van der Waals surface area (Å²) in [5.41, 5.74) is 6.93. The maximum Gasteiger partial charge on any atom is 0.328 e. The van der Waals surface area contributed by atoms with Gasteiger partial charge in [0, 0.05) is 17.3 Å². The van der Waals surface area contributed by atoms with Crippen LogP contribution in [0.1, 0.15) is 5.56 Å². The number of anilines is 1. The van der Waals surface area contributed by atoms with Crippen LogP contribution in [0, 0.1) is 11.8 Å². The smallest absolute Gasteiger partial charge is 0.328 e. The minimum atomic E-state index is -1.01. The third-order valence-electron chi connectivity index (χ3n) is 1.41. The Balaban J connectivity index is 2.73. The summed E-state index contributed by atoms with van der Waals surface area (Å²) in [5.74, 6) is 4.35. The van der Waals surface area contributed by atoms with Crippen molar-refractivity contribution in [1.82, 2.24) is 0 Å². The van der Waals surface area contributed by atoms with Crippen molar-refractivity contribution in [1.29, 1.82) is 0 Å². The molecule has 0 spiro atoms. The fourth-order valence-corrected chi connectivity index (χ4v) is 0.854. The average molecular weight is 187 g/mol. The molecule has 0 radical (unpaired) electrons. The van der Waals surface area contributed by atoms with Crippen molar-refractivity contribution < 1.29 is 9.90 Å². The van der Waals surface area contributed by atoms with Crippen molar-refractivity contribution in [3.8, 4) is 11.8 Å². The minimum Gasteiger partial charge on any atom is -0.478 e. The quantitative estimate of drug-likeness (QED) is 0.395. The van der Waals surface area contributed by atoms with Crippen LogP contribution in [0.3, 0.4) is 0 Å². The second-order valence-electron chi connectivity index (χ2n) is 2.57. The van der Waals surface area contributed by atoms with Crippen LogP contribution in [0.4, 0.5) is 5.69 Å². The first-order chi connectivity index (χ1) is 6.68. The average Bonchev–Trinajstić information content (AvgIpc) is 2.12. The number of aliphatic carboxylic acids is 1. The number of allylic oxidation sites excluding steroid dienone is 1. The number of hydrogen-bond acceptors (Lipinski definition) is 2. The van der Waals surface area contributed by atoms with Gasteiger partial charge in [0.25, 0.3) is 0 Å². The predicted molar refractivity (Wildman–Crippen MR) is 54.5 cm³/mol. The molecule has 0 saturated carbocycles. The standard InChI is InChI=1S/C11H9NO2/c12-10-6-3-5-9(8-10)4-1-2-7-11(13)14/h2-3,5-8H,12H2,(H,13,14). The Morgan fingerprint density at radius 1 is 1.50 bits per heavy atom. The molecule has 1 aromatic carbocycles. The van der Waals surface area contributed by atoms with Gasteiger partial charge in [0.15, 0.2) is 0 Å². The fourth-order valence-electron chi connectivity index (χ4n) is 0.854. The Bertz CT molecular complexity index is 424. The summed E-state index contributed by atoms with van der Waals surface area (Å²) >= 11 is 0. The molecule has 14 heavy (non-hydrogen) atoms. The molecular weight excluding hydrogens is 178 g/mol. The van der Waals surface area contributed by atoms with Gasteiger partial charge in [-0.1, -0.05) is 17.9 Å². The monoisotopic (exact) mass is 187 g/mol. The molecule has 0 aromatic heterocycles. The van der Waals surface area contributed by atoms with Gasteiger partial charge in [-0.15, -0.1) is 0 Å². The topological polar surface area (TPSA) is 63.3 Å². The van der Waals surface area contributed by atoms with Gasteiger partial charge in [0.2, 0.25) is 0 Å². The maximum absolute atomic E-state index is 10.1. The molecule has 0 saturated heterocycles. The van der Waals surface area contributed by atoms with Gasteiger partial charge in [0.1, 0.15) is 0 Å². The summed E-state index contributed by atoms with van der Waals surface area (Å²) in [6.45, 7) is 0. The van der Waals surface area contributed by atoms with Crippen LogP contribution in [0.25, 0.3) is 0 Å². The van der Waals surface area contributed by atoms with Gasteiger partial charge in [-0.3, -0.25) is 0 Å². The molecule has 0 atom stereocenters. The SMILES string of the molecule is Nc1cccc(C#CC=CC(=O)O)c1. The van der Waals surface area contributed by atoms with Crippen molar-refractivity contribution >= 4 is 11.7 Å². The molecule has 0 aliphatic carbocycles. The third-order valence-corrected chi connectivity index (χ3v) is 1.41. The normalized spacial score (nSPS) is 9.43. The highest BCUT2D eigenvalue weighted by Gasteiger charge is 1.86. The summed E-state index contributed by atoms with van der Waals surface area (Å²) in [5, 5.41) is 8.28. The number of benzene rings is 1. The Morgan fingerprint density at radius 2 is 2.29 bits per heavy atom. The zero-order valence-electron chi connectivity index (χ0n) is 7.40. The van der Waals surface area contributed by atoms with Crippen LogP contribution >= 0.6 is 0 Å². The maximum atomic E-state index is 10.1. The first-order valence-corrected chi connectivity index (χ1v) is 3.95. The van der Waals surface area contributed by atoms with Crippen LogP contribution < -0.4 is 5.73 Å². The van der Waals surface area contributed by atoms with E-state index in [-0.39, 0.29) is 0 Å². The second kappa shape index (κ2) is 4.73. The van der Waals surface area contributed by atoms with Crippen LogP contribution in [0.15, 0.2) is 36.4 Å². The number of carbonyl (C=O) groups is 1. The van der Waals surface area contributed by atoms with Crippen molar-refractivity contribution in [2.75, 3.05) is 5.73 Å². The molecule has 1 rings (SSSR count). The van der Waals surface area contributed by atoms with Crippen molar-refractivity contribution in [3.63, 3.8) is 0 Å². The Morgan fingerprint density at radius 3 is 2.93 bits per heavy atom. The van der Waals surface area contributed by atoms with E-state index in [0.717, 1.165) is 11.6 Å². The van der Waals surface area contributed by atoms with Gasteiger partial charge in [-0.05, 0) is 24.3 Å². The number of carboxylic acids is 1. The lowest BCUT2D eigenvalue weighted by atomic mass is 10.2. The molecule has 0 aliphatic rings. The van der Waals surface area contributed by atoms with E-state index < -0.39 is 5.97 Å². The fraction of sp³-hybridized carbons (Fsp3) is 0. The number of nitrogens with two attached hydrogens (primary N) is 1. The minimum absolute atomic E-state index is 0.638. The van der Waals surface area contributed by atoms with Crippen molar-refractivity contribution in [2.24, 2.45) is 0 Å². The molecule has 0 aliphatic heterocycles. The third kappa shape index (κ3) is 3.46. The van der Waals surface area contributed by atoms with Gasteiger partial charge in [-0.2, -0.15) is 0 Å². The first kappa shape index (κ1) is 9.87. The number of rotatable bonds is 1. The van der Waals surface area contributed by atoms with Crippen LogP contribution in [0.2, 0.25) is 0 Å². The largest absolute Gasteiger partial charge is 0.478 e. The van der Waals surface area contributed by atoms with Crippen LogP contribution in [-0.4, -0.2) is 11.1 Å². The highest BCUT2D eigenvalue weighted by atomic mass is 16.4. The molecule has 0 unspecified atom stereocenters. The lowest BCUT2D eigenvalue weighted by Gasteiger charge is -1.91. The van der Waals surface area contributed by atoms with E-state index in [1.165, 1.54) is 6.08 Å².